The van der Waals surface area contributed by atoms with Crippen LogP contribution < -0.4 is 15.4 Å². The Bertz CT molecular complexity index is 554. The number of carbonyl (C=O) groups is 3. The summed E-state index contributed by atoms with van der Waals surface area (Å²) in [5.41, 5.74) is 1.13. The van der Waals surface area contributed by atoms with Gasteiger partial charge in [0.25, 0.3) is 0 Å². The van der Waals surface area contributed by atoms with Crippen LogP contribution in [0.2, 0.25) is 0 Å². The molecule has 1 aliphatic rings. The smallest absolute Gasteiger partial charge is 0.249 e. The van der Waals surface area contributed by atoms with Crippen molar-refractivity contribution < 1.29 is 19.1 Å². The van der Waals surface area contributed by atoms with E-state index in [0.29, 0.717) is 19.3 Å². The van der Waals surface area contributed by atoms with Gasteiger partial charge in [0.1, 0.15) is 11.8 Å². The zero-order chi connectivity index (χ0) is 15.9. The molecular weight excluding hydrogens is 284 g/mol. The molecule has 22 heavy (non-hydrogen) atoms. The zero-order valence-electron chi connectivity index (χ0n) is 12.6. The van der Waals surface area contributed by atoms with Crippen molar-refractivity contribution in [2.45, 2.75) is 38.1 Å². The highest BCUT2D eigenvalue weighted by atomic mass is 16.5. The summed E-state index contributed by atoms with van der Waals surface area (Å²) in [5, 5.41) is 4.89. The summed E-state index contributed by atoms with van der Waals surface area (Å²) in [6, 6.07) is 7.12. The fourth-order valence-electron chi connectivity index (χ4n) is 2.34. The summed E-state index contributed by atoms with van der Waals surface area (Å²) in [4.78, 5) is 34.4. The fourth-order valence-corrected chi connectivity index (χ4v) is 2.34. The van der Waals surface area contributed by atoms with Crippen LogP contribution in [0.15, 0.2) is 24.3 Å². The molecule has 0 saturated carbocycles. The van der Waals surface area contributed by atoms with E-state index >= 15 is 0 Å². The molecular formula is C16H20N2O4. The lowest BCUT2D eigenvalue weighted by Crippen LogP contribution is -2.52. The molecule has 1 atom stereocenters. The van der Waals surface area contributed by atoms with Gasteiger partial charge in [-0.25, -0.2) is 0 Å². The Morgan fingerprint density at radius 3 is 2.68 bits per heavy atom. The lowest BCUT2D eigenvalue weighted by atomic mass is 10.0. The molecule has 6 heteroatoms. The Kier molecular flexibility index (Phi) is 5.52. The molecule has 1 unspecified atom stereocenters. The van der Waals surface area contributed by atoms with Gasteiger partial charge in [0, 0.05) is 12.8 Å². The first-order valence-electron chi connectivity index (χ1n) is 7.34. The van der Waals surface area contributed by atoms with Crippen molar-refractivity contribution in [1.29, 1.82) is 0 Å². The zero-order valence-corrected chi connectivity index (χ0v) is 12.6. The fraction of sp³-hybridized carbons (Fsp3) is 0.438. The molecule has 1 heterocycles. The maximum Gasteiger partial charge on any atom is 0.249 e. The van der Waals surface area contributed by atoms with Crippen molar-refractivity contribution in [2.24, 2.45) is 0 Å². The van der Waals surface area contributed by atoms with E-state index in [0.717, 1.165) is 17.7 Å². The minimum atomic E-state index is -0.591. The maximum atomic E-state index is 11.8. The van der Waals surface area contributed by atoms with Crippen LogP contribution in [-0.2, 0) is 20.8 Å². The van der Waals surface area contributed by atoms with Crippen LogP contribution >= 0.6 is 0 Å². The number of ether oxygens (including phenoxy) is 1. The van der Waals surface area contributed by atoms with Gasteiger partial charge < -0.3 is 10.1 Å². The highest BCUT2D eigenvalue weighted by Gasteiger charge is 2.27. The molecule has 3 amide bonds. The van der Waals surface area contributed by atoms with Crippen molar-refractivity contribution in [2.75, 3.05) is 7.11 Å². The first-order chi connectivity index (χ1) is 10.6. The highest BCUT2D eigenvalue weighted by molar-refractivity contribution is 6.01. The summed E-state index contributed by atoms with van der Waals surface area (Å²) >= 11 is 0. The van der Waals surface area contributed by atoms with Gasteiger partial charge in [0.2, 0.25) is 17.7 Å². The van der Waals surface area contributed by atoms with Gasteiger partial charge in [0.05, 0.1) is 7.11 Å². The molecule has 0 aromatic heterocycles. The summed E-state index contributed by atoms with van der Waals surface area (Å²) in [5.74, 6) is -0.0582. The third-order valence-electron chi connectivity index (χ3n) is 3.60. The standard InChI is InChI=1S/C16H20N2O4/c1-22-12-7-5-11(6-8-12)3-2-4-14(19)17-13-9-10-15(20)18-16(13)21/h5-8,13H,2-4,9-10H2,1H3,(H,17,19)(H,18,20,21). The first kappa shape index (κ1) is 16.0. The minimum absolute atomic E-state index is 0.164. The maximum absolute atomic E-state index is 11.8. The average molecular weight is 304 g/mol. The quantitative estimate of drug-likeness (QED) is 0.766. The lowest BCUT2D eigenvalue weighted by Gasteiger charge is -2.21. The number of aryl methyl sites for hydroxylation is 1. The second kappa shape index (κ2) is 7.59. The van der Waals surface area contributed by atoms with Crippen LogP contribution in [0, 0.1) is 0 Å². The number of rotatable bonds is 6. The normalized spacial score (nSPS) is 17.8. The van der Waals surface area contributed by atoms with E-state index in [1.807, 2.05) is 24.3 Å². The van der Waals surface area contributed by atoms with E-state index in [1.54, 1.807) is 7.11 Å². The van der Waals surface area contributed by atoms with E-state index in [4.69, 9.17) is 4.74 Å². The predicted octanol–water partition coefficient (Wildman–Crippen LogP) is 0.939. The number of imide groups is 1. The number of hydrogen-bond acceptors (Lipinski definition) is 4. The highest BCUT2D eigenvalue weighted by Crippen LogP contribution is 2.13. The number of piperidine rings is 1. The number of carbonyl (C=O) groups excluding carboxylic acids is 3. The van der Waals surface area contributed by atoms with Crippen molar-refractivity contribution in [3.8, 4) is 5.75 Å². The number of nitrogens with one attached hydrogen (secondary N) is 2. The average Bonchev–Trinajstić information content (AvgIpc) is 2.51. The Hall–Kier alpha value is -2.37. The largest absolute Gasteiger partial charge is 0.497 e. The van der Waals surface area contributed by atoms with Gasteiger partial charge in [0.15, 0.2) is 0 Å². The van der Waals surface area contributed by atoms with Crippen LogP contribution in [0.1, 0.15) is 31.2 Å². The monoisotopic (exact) mass is 304 g/mol. The molecule has 1 fully saturated rings. The minimum Gasteiger partial charge on any atom is -0.497 e. The molecule has 6 nitrogen and oxygen atoms in total. The second-order valence-electron chi connectivity index (χ2n) is 5.27. The van der Waals surface area contributed by atoms with E-state index in [1.165, 1.54) is 0 Å². The van der Waals surface area contributed by atoms with Crippen LogP contribution in [-0.4, -0.2) is 30.9 Å². The van der Waals surface area contributed by atoms with Crippen LogP contribution in [0.3, 0.4) is 0 Å². The number of methoxy groups -OCH3 is 1. The van der Waals surface area contributed by atoms with Gasteiger partial charge in [-0.2, -0.15) is 0 Å². The molecule has 0 radical (unpaired) electrons. The van der Waals surface area contributed by atoms with Crippen molar-refractivity contribution in [3.05, 3.63) is 29.8 Å². The lowest BCUT2D eigenvalue weighted by molar-refractivity contribution is -0.137. The summed E-state index contributed by atoms with van der Waals surface area (Å²) in [6.45, 7) is 0. The topological polar surface area (TPSA) is 84.5 Å². The Morgan fingerprint density at radius 1 is 1.32 bits per heavy atom. The molecule has 2 N–H and O–H groups in total. The summed E-state index contributed by atoms with van der Waals surface area (Å²) in [6.07, 6.45) is 2.47. The number of amides is 3. The predicted molar refractivity (Wildman–Crippen MR) is 80.2 cm³/mol. The summed E-state index contributed by atoms with van der Waals surface area (Å²) < 4.78 is 5.09. The first-order valence-corrected chi connectivity index (χ1v) is 7.34. The van der Waals surface area contributed by atoms with Crippen molar-refractivity contribution >= 4 is 17.7 Å². The second-order valence-corrected chi connectivity index (χ2v) is 5.27. The Labute approximate surface area is 129 Å². The molecule has 2 rings (SSSR count). The van der Waals surface area contributed by atoms with E-state index < -0.39 is 11.9 Å². The molecule has 0 bridgehead atoms. The van der Waals surface area contributed by atoms with Crippen LogP contribution in [0.4, 0.5) is 0 Å². The summed E-state index contributed by atoms with van der Waals surface area (Å²) in [7, 11) is 1.62. The van der Waals surface area contributed by atoms with Gasteiger partial charge in [-0.3, -0.25) is 19.7 Å². The Balaban J connectivity index is 1.71. The van der Waals surface area contributed by atoms with Gasteiger partial charge in [-0.05, 0) is 37.0 Å². The number of hydrogen-bond donors (Lipinski definition) is 2. The molecule has 1 saturated heterocycles. The third-order valence-corrected chi connectivity index (χ3v) is 3.60. The van der Waals surface area contributed by atoms with Crippen LogP contribution in [0.5, 0.6) is 5.75 Å². The van der Waals surface area contributed by atoms with Crippen LogP contribution in [0.25, 0.3) is 0 Å². The van der Waals surface area contributed by atoms with E-state index in [9.17, 15) is 14.4 Å². The molecule has 1 aliphatic heterocycles. The van der Waals surface area contributed by atoms with Crippen molar-refractivity contribution in [1.82, 2.24) is 10.6 Å². The molecule has 0 aliphatic carbocycles. The van der Waals surface area contributed by atoms with Gasteiger partial charge >= 0.3 is 0 Å². The number of benzene rings is 1. The van der Waals surface area contributed by atoms with Gasteiger partial charge in [-0.1, -0.05) is 12.1 Å². The molecule has 1 aromatic rings. The van der Waals surface area contributed by atoms with E-state index in [-0.39, 0.29) is 18.2 Å². The third kappa shape index (κ3) is 4.58. The van der Waals surface area contributed by atoms with Gasteiger partial charge in [-0.15, -0.1) is 0 Å². The SMILES string of the molecule is COc1ccc(CCCC(=O)NC2CCC(=O)NC2=O)cc1. The van der Waals surface area contributed by atoms with E-state index in [2.05, 4.69) is 10.6 Å². The molecule has 0 spiro atoms. The molecule has 118 valence electrons. The Morgan fingerprint density at radius 2 is 2.05 bits per heavy atom. The van der Waals surface area contributed by atoms with Crippen molar-refractivity contribution in [3.63, 3.8) is 0 Å². The molecule has 1 aromatic carbocycles.